The van der Waals surface area contributed by atoms with Gasteiger partial charge in [-0.15, -0.1) is 0 Å². The van der Waals surface area contributed by atoms with Crippen molar-refractivity contribution in [1.29, 1.82) is 0 Å². The van der Waals surface area contributed by atoms with Gasteiger partial charge in [0, 0.05) is 0 Å². The molecule has 1 atom stereocenters. The number of rotatable bonds is 5. The lowest BCUT2D eigenvalue weighted by Gasteiger charge is -2.12. The number of hydrogen-bond acceptors (Lipinski definition) is 3. The molecule has 12 heavy (non-hydrogen) atoms. The van der Waals surface area contributed by atoms with Gasteiger partial charge in [0.1, 0.15) is 5.78 Å². The Morgan fingerprint density at radius 1 is 1.58 bits per heavy atom. The minimum atomic E-state index is -3.96. The topological polar surface area (TPSA) is 86.6 Å². The second kappa shape index (κ2) is 4.72. The van der Waals surface area contributed by atoms with E-state index in [1.807, 2.05) is 0 Å². The van der Waals surface area contributed by atoms with Crippen LogP contribution in [-0.2, 0) is 9.36 Å². The van der Waals surface area contributed by atoms with Crippen molar-refractivity contribution in [3.63, 3.8) is 0 Å². The Labute approximate surface area is 71.3 Å². The second-order valence-electron chi connectivity index (χ2n) is 2.63. The fourth-order valence-corrected chi connectivity index (χ4v) is 1.44. The minimum Gasteiger partial charge on any atom is -0.324 e. The first-order valence-corrected chi connectivity index (χ1v) is 5.39. The molecular formula is C6H14NO4P. The van der Waals surface area contributed by atoms with Crippen LogP contribution in [-0.4, -0.2) is 34.8 Å². The number of carbonyl (C=O) groups excluding carboxylic acids is 1. The molecular weight excluding hydrogens is 181 g/mol. The molecule has 6 heteroatoms. The fraction of sp³-hybridized carbons (Fsp3) is 0.833. The van der Waals surface area contributed by atoms with Gasteiger partial charge in [-0.1, -0.05) is 0 Å². The van der Waals surface area contributed by atoms with Crippen LogP contribution in [0.2, 0.25) is 0 Å². The summed E-state index contributed by atoms with van der Waals surface area (Å²) in [5.41, 5.74) is 0. The van der Waals surface area contributed by atoms with E-state index in [9.17, 15) is 9.36 Å². The molecule has 72 valence electrons. The van der Waals surface area contributed by atoms with Gasteiger partial charge < -0.3 is 15.1 Å². The van der Waals surface area contributed by atoms with Crippen molar-refractivity contribution >= 4 is 13.4 Å². The molecule has 3 N–H and O–H groups in total. The summed E-state index contributed by atoms with van der Waals surface area (Å²) in [5, 5.41) is 2.68. The summed E-state index contributed by atoms with van der Waals surface area (Å²) in [6.45, 7) is 1.39. The molecule has 0 aromatic carbocycles. The molecule has 0 aliphatic carbocycles. The average molecular weight is 195 g/mol. The monoisotopic (exact) mass is 195 g/mol. The Morgan fingerprint density at radius 2 is 2.08 bits per heavy atom. The van der Waals surface area contributed by atoms with Crippen LogP contribution in [0.4, 0.5) is 0 Å². The van der Waals surface area contributed by atoms with Gasteiger partial charge >= 0.3 is 7.60 Å². The van der Waals surface area contributed by atoms with Crippen LogP contribution in [0.3, 0.4) is 0 Å². The van der Waals surface area contributed by atoms with Crippen molar-refractivity contribution in [2.24, 2.45) is 0 Å². The normalized spacial score (nSPS) is 14.3. The van der Waals surface area contributed by atoms with Crippen molar-refractivity contribution in [2.75, 3.05) is 13.2 Å². The van der Waals surface area contributed by atoms with Crippen molar-refractivity contribution in [1.82, 2.24) is 5.32 Å². The second-order valence-corrected chi connectivity index (χ2v) is 4.41. The molecule has 5 nitrogen and oxygen atoms in total. The van der Waals surface area contributed by atoms with Gasteiger partial charge in [-0.2, -0.15) is 0 Å². The summed E-state index contributed by atoms with van der Waals surface area (Å²) in [5.74, 6) is -0.106. The van der Waals surface area contributed by atoms with Gasteiger partial charge in [-0.25, -0.2) is 0 Å². The predicted molar refractivity (Wildman–Crippen MR) is 45.1 cm³/mol. The molecule has 0 rings (SSSR count). The third-order valence-electron chi connectivity index (χ3n) is 1.55. The van der Waals surface area contributed by atoms with Gasteiger partial charge in [-0.05, 0) is 20.4 Å². The van der Waals surface area contributed by atoms with Crippen LogP contribution in [0, 0.1) is 0 Å². The van der Waals surface area contributed by atoms with Crippen LogP contribution in [0.25, 0.3) is 0 Å². The number of ketones is 1. The van der Waals surface area contributed by atoms with Crippen LogP contribution in [0.15, 0.2) is 0 Å². The first-order valence-electron chi connectivity index (χ1n) is 3.59. The zero-order valence-electron chi connectivity index (χ0n) is 7.15. The van der Waals surface area contributed by atoms with Crippen LogP contribution < -0.4 is 5.32 Å². The van der Waals surface area contributed by atoms with E-state index in [4.69, 9.17) is 9.79 Å². The molecule has 1 unspecified atom stereocenters. The lowest BCUT2D eigenvalue weighted by Crippen LogP contribution is -2.32. The van der Waals surface area contributed by atoms with E-state index in [2.05, 4.69) is 5.32 Å². The zero-order chi connectivity index (χ0) is 9.78. The van der Waals surface area contributed by atoms with E-state index in [0.29, 0.717) is 0 Å². The highest BCUT2D eigenvalue weighted by atomic mass is 31.2. The largest absolute Gasteiger partial charge is 0.325 e. The minimum absolute atomic E-state index is 0.106. The summed E-state index contributed by atoms with van der Waals surface area (Å²) in [7, 11) is -2.38. The Balaban J connectivity index is 3.90. The lowest BCUT2D eigenvalue weighted by atomic mass is 10.1. The highest BCUT2D eigenvalue weighted by Gasteiger charge is 2.18. The number of likely N-dealkylation sites (N-methyl/N-ethyl adjacent to an activating group) is 1. The van der Waals surface area contributed by atoms with Gasteiger partial charge in [-0.3, -0.25) is 9.36 Å². The number of Topliss-reactive ketones (excluding diaryl/α,β-unsaturated/α-hetero) is 1. The molecule has 0 spiro atoms. The summed E-state index contributed by atoms with van der Waals surface area (Å²) < 4.78 is 10.4. The Hall–Kier alpha value is -0.220. The molecule has 0 aromatic rings. The SMILES string of the molecule is CNC(CCP(=O)(O)O)C(C)=O. The van der Waals surface area contributed by atoms with E-state index in [1.165, 1.54) is 6.92 Å². The maximum atomic E-state index is 10.8. The first kappa shape index (κ1) is 11.8. The van der Waals surface area contributed by atoms with E-state index < -0.39 is 13.6 Å². The zero-order valence-corrected chi connectivity index (χ0v) is 8.04. The number of hydrogen-bond donors (Lipinski definition) is 3. The van der Waals surface area contributed by atoms with Crippen LogP contribution >= 0.6 is 7.60 Å². The fourth-order valence-electron chi connectivity index (χ4n) is 0.848. The standard InChI is InChI=1S/C6H14NO4P/c1-5(8)6(7-2)3-4-12(9,10)11/h6-7H,3-4H2,1-2H3,(H2,9,10,11). The van der Waals surface area contributed by atoms with Gasteiger partial charge in [0.05, 0.1) is 12.2 Å². The first-order chi connectivity index (χ1) is 5.37. The molecule has 0 radical (unpaired) electrons. The van der Waals surface area contributed by atoms with Gasteiger partial charge in [0.2, 0.25) is 0 Å². The van der Waals surface area contributed by atoms with Gasteiger partial charge in [0.15, 0.2) is 0 Å². The smallest absolute Gasteiger partial charge is 0.324 e. The van der Waals surface area contributed by atoms with Crippen molar-refractivity contribution < 1.29 is 19.1 Å². The summed E-state index contributed by atoms with van der Waals surface area (Å²) >= 11 is 0. The van der Waals surface area contributed by atoms with E-state index >= 15 is 0 Å². The highest BCUT2D eigenvalue weighted by molar-refractivity contribution is 7.51. The molecule has 0 heterocycles. The third kappa shape index (κ3) is 5.43. The van der Waals surface area contributed by atoms with Crippen LogP contribution in [0.5, 0.6) is 0 Å². The average Bonchev–Trinajstić information content (AvgIpc) is 1.85. The maximum Gasteiger partial charge on any atom is 0.325 e. The molecule has 0 aromatic heterocycles. The van der Waals surface area contributed by atoms with Gasteiger partial charge in [0.25, 0.3) is 0 Å². The molecule has 0 bridgehead atoms. The molecule has 0 saturated heterocycles. The molecule has 0 amide bonds. The quantitative estimate of drug-likeness (QED) is 0.526. The molecule has 0 saturated carbocycles. The van der Waals surface area contributed by atoms with Crippen molar-refractivity contribution in [3.8, 4) is 0 Å². The van der Waals surface area contributed by atoms with E-state index in [1.54, 1.807) is 7.05 Å². The molecule has 0 fully saturated rings. The summed E-state index contributed by atoms with van der Waals surface area (Å²) in [6, 6.07) is -0.447. The Kier molecular flexibility index (Phi) is 4.63. The van der Waals surface area contributed by atoms with E-state index in [-0.39, 0.29) is 18.4 Å². The maximum absolute atomic E-state index is 10.8. The Morgan fingerprint density at radius 3 is 2.33 bits per heavy atom. The molecule has 0 aliphatic rings. The van der Waals surface area contributed by atoms with E-state index in [0.717, 1.165) is 0 Å². The Bertz CT molecular complexity index is 200. The highest BCUT2D eigenvalue weighted by Crippen LogP contribution is 2.35. The number of carbonyl (C=O) groups is 1. The summed E-state index contributed by atoms with van der Waals surface area (Å²) in [6.07, 6.45) is -0.0752. The van der Waals surface area contributed by atoms with Crippen LogP contribution in [0.1, 0.15) is 13.3 Å². The third-order valence-corrected chi connectivity index (χ3v) is 2.39. The molecule has 0 aliphatic heterocycles. The van der Waals surface area contributed by atoms with Crippen molar-refractivity contribution in [3.05, 3.63) is 0 Å². The predicted octanol–water partition coefficient (Wildman–Crippen LogP) is -0.269. The summed E-state index contributed by atoms with van der Waals surface area (Å²) in [4.78, 5) is 27.8. The van der Waals surface area contributed by atoms with Crippen molar-refractivity contribution in [2.45, 2.75) is 19.4 Å². The lowest BCUT2D eigenvalue weighted by molar-refractivity contribution is -0.118. The number of nitrogens with one attached hydrogen (secondary N) is 1.